The van der Waals surface area contributed by atoms with Crippen molar-refractivity contribution in [2.45, 2.75) is 26.3 Å². The molecule has 9 heteroatoms. The molecule has 0 spiro atoms. The van der Waals surface area contributed by atoms with Gasteiger partial charge in [-0.2, -0.15) is 0 Å². The van der Waals surface area contributed by atoms with Crippen molar-refractivity contribution in [3.8, 4) is 0 Å². The van der Waals surface area contributed by atoms with Crippen LogP contribution >= 0.6 is 0 Å². The molecule has 0 radical (unpaired) electrons. The van der Waals surface area contributed by atoms with Crippen LogP contribution in [-0.4, -0.2) is 33.9 Å². The summed E-state index contributed by atoms with van der Waals surface area (Å²) in [4.78, 5) is 46.6. The summed E-state index contributed by atoms with van der Waals surface area (Å²) in [5.41, 5.74) is 0.333. The zero-order chi connectivity index (χ0) is 21.6. The number of para-hydroxylation sites is 1. The number of nitrogens with one attached hydrogen (secondary N) is 2. The van der Waals surface area contributed by atoms with Gasteiger partial charge in [0.1, 0.15) is 6.04 Å². The van der Waals surface area contributed by atoms with E-state index in [0.717, 1.165) is 0 Å². The van der Waals surface area contributed by atoms with E-state index in [9.17, 15) is 29.6 Å². The normalized spacial score (nSPS) is 11.6. The number of hydrogen-bond acceptors (Lipinski definition) is 5. The fraction of sp³-hybridized carbons (Fsp3) is 0.250. The number of carbonyl (C=O) groups is 3. The highest BCUT2D eigenvalue weighted by Gasteiger charge is 2.23. The van der Waals surface area contributed by atoms with Crippen LogP contribution in [0.3, 0.4) is 0 Å². The number of carbonyl (C=O) groups excluding carboxylic acids is 2. The minimum absolute atomic E-state index is 0.0634. The Kier molecular flexibility index (Phi) is 7.02. The van der Waals surface area contributed by atoms with E-state index in [-0.39, 0.29) is 34.8 Å². The van der Waals surface area contributed by atoms with Crippen LogP contribution in [0.2, 0.25) is 0 Å². The second-order valence-corrected chi connectivity index (χ2v) is 6.80. The number of carboxylic acid groups (broad SMARTS) is 1. The van der Waals surface area contributed by atoms with Crippen molar-refractivity contribution in [1.29, 1.82) is 0 Å². The number of nitro groups is 1. The van der Waals surface area contributed by atoms with Gasteiger partial charge in [-0.25, -0.2) is 4.79 Å². The third-order valence-electron chi connectivity index (χ3n) is 4.07. The van der Waals surface area contributed by atoms with Gasteiger partial charge in [0.25, 0.3) is 17.5 Å². The summed E-state index contributed by atoms with van der Waals surface area (Å²) in [7, 11) is 0. The number of benzene rings is 2. The lowest BCUT2D eigenvalue weighted by Crippen LogP contribution is -2.41. The minimum atomic E-state index is -1.14. The Morgan fingerprint density at radius 2 is 1.66 bits per heavy atom. The van der Waals surface area contributed by atoms with E-state index in [1.165, 1.54) is 36.4 Å². The van der Waals surface area contributed by atoms with Crippen molar-refractivity contribution in [3.63, 3.8) is 0 Å². The van der Waals surface area contributed by atoms with Crippen molar-refractivity contribution < 1.29 is 24.4 Å². The number of amides is 2. The number of non-ortho nitro benzene ring substituents is 1. The second kappa shape index (κ2) is 9.45. The molecule has 0 bridgehead atoms. The molecule has 1 atom stereocenters. The third-order valence-corrected chi connectivity index (χ3v) is 4.07. The molecule has 0 aromatic heterocycles. The van der Waals surface area contributed by atoms with Gasteiger partial charge in [0, 0.05) is 17.7 Å². The molecule has 0 unspecified atom stereocenters. The Labute approximate surface area is 166 Å². The van der Waals surface area contributed by atoms with Crippen LogP contribution in [0.15, 0.2) is 48.5 Å². The van der Waals surface area contributed by atoms with E-state index in [0.29, 0.717) is 0 Å². The molecule has 152 valence electrons. The molecule has 0 aliphatic heterocycles. The predicted octanol–water partition coefficient (Wildman–Crippen LogP) is 3.08. The molecule has 0 heterocycles. The first kappa shape index (κ1) is 21.5. The van der Waals surface area contributed by atoms with Gasteiger partial charge in [-0.1, -0.05) is 26.0 Å². The quantitative estimate of drug-likeness (QED) is 0.460. The predicted molar refractivity (Wildman–Crippen MR) is 106 cm³/mol. The maximum absolute atomic E-state index is 12.6. The van der Waals surface area contributed by atoms with Gasteiger partial charge in [0.2, 0.25) is 0 Å². The fourth-order valence-electron chi connectivity index (χ4n) is 2.65. The summed E-state index contributed by atoms with van der Waals surface area (Å²) in [6.45, 7) is 3.70. The smallest absolute Gasteiger partial charge is 0.326 e. The number of carboxylic acids is 1. The van der Waals surface area contributed by atoms with Gasteiger partial charge in [-0.05, 0) is 36.6 Å². The van der Waals surface area contributed by atoms with Crippen LogP contribution in [0.5, 0.6) is 0 Å². The zero-order valence-electron chi connectivity index (χ0n) is 15.9. The Morgan fingerprint density at radius 3 is 2.21 bits per heavy atom. The monoisotopic (exact) mass is 399 g/mol. The number of rotatable bonds is 8. The van der Waals surface area contributed by atoms with Crippen LogP contribution in [-0.2, 0) is 4.79 Å². The first-order valence-electron chi connectivity index (χ1n) is 8.87. The molecule has 3 N–H and O–H groups in total. The van der Waals surface area contributed by atoms with Gasteiger partial charge < -0.3 is 15.7 Å². The average molecular weight is 399 g/mol. The van der Waals surface area contributed by atoms with Gasteiger partial charge in [-0.15, -0.1) is 0 Å². The Bertz CT molecular complexity index is 924. The topological polar surface area (TPSA) is 139 Å². The summed E-state index contributed by atoms with van der Waals surface area (Å²) in [5, 5.41) is 25.1. The molecule has 2 rings (SSSR count). The van der Waals surface area contributed by atoms with E-state index in [1.807, 2.05) is 13.8 Å². The van der Waals surface area contributed by atoms with Gasteiger partial charge in [0.05, 0.1) is 16.2 Å². The van der Waals surface area contributed by atoms with Gasteiger partial charge in [-0.3, -0.25) is 19.7 Å². The number of nitrogens with zero attached hydrogens (tertiary/aromatic N) is 1. The van der Waals surface area contributed by atoms with Crippen molar-refractivity contribution >= 4 is 29.2 Å². The minimum Gasteiger partial charge on any atom is -0.480 e. The molecule has 29 heavy (non-hydrogen) atoms. The first-order chi connectivity index (χ1) is 13.7. The molecule has 2 aromatic carbocycles. The zero-order valence-corrected chi connectivity index (χ0v) is 15.9. The van der Waals surface area contributed by atoms with Crippen LogP contribution in [0.4, 0.5) is 11.4 Å². The van der Waals surface area contributed by atoms with Crippen LogP contribution in [0, 0.1) is 16.0 Å². The Balaban J connectivity index is 2.19. The number of anilines is 1. The molecule has 0 aliphatic rings. The van der Waals surface area contributed by atoms with Crippen LogP contribution in [0.1, 0.15) is 41.0 Å². The van der Waals surface area contributed by atoms with E-state index in [2.05, 4.69) is 10.6 Å². The lowest BCUT2D eigenvalue weighted by atomic mass is 10.0. The fourth-order valence-corrected chi connectivity index (χ4v) is 2.65. The Hall–Kier alpha value is -3.75. The largest absolute Gasteiger partial charge is 0.480 e. The van der Waals surface area contributed by atoms with E-state index >= 15 is 0 Å². The van der Waals surface area contributed by atoms with Crippen LogP contribution in [0.25, 0.3) is 0 Å². The average Bonchev–Trinajstić information content (AvgIpc) is 2.67. The maximum atomic E-state index is 12.6. The van der Waals surface area contributed by atoms with Crippen molar-refractivity contribution in [3.05, 3.63) is 69.8 Å². The first-order valence-corrected chi connectivity index (χ1v) is 8.87. The molecular formula is C20H21N3O6. The van der Waals surface area contributed by atoms with Crippen molar-refractivity contribution in [2.75, 3.05) is 5.32 Å². The lowest BCUT2D eigenvalue weighted by Gasteiger charge is -2.18. The summed E-state index contributed by atoms with van der Waals surface area (Å²) >= 11 is 0. The molecule has 2 amide bonds. The number of nitro benzene ring substituents is 1. The summed E-state index contributed by atoms with van der Waals surface area (Å²) < 4.78 is 0. The molecule has 0 saturated heterocycles. The molecule has 2 aromatic rings. The lowest BCUT2D eigenvalue weighted by molar-refractivity contribution is -0.384. The Morgan fingerprint density at radius 1 is 1.03 bits per heavy atom. The SMILES string of the molecule is CC(C)C[C@@H](NC(=O)c1ccccc1NC(=O)c1ccc([N+](=O)[O-])cc1)C(=O)O. The summed E-state index contributed by atoms with van der Waals surface area (Å²) in [5.74, 6) is -2.26. The highest BCUT2D eigenvalue weighted by molar-refractivity contribution is 6.09. The van der Waals surface area contributed by atoms with Gasteiger partial charge in [0.15, 0.2) is 0 Å². The highest BCUT2D eigenvalue weighted by atomic mass is 16.6. The van der Waals surface area contributed by atoms with Crippen molar-refractivity contribution in [2.24, 2.45) is 5.92 Å². The molecule has 0 aliphatic carbocycles. The number of hydrogen-bond donors (Lipinski definition) is 3. The van der Waals surface area contributed by atoms with E-state index in [4.69, 9.17) is 0 Å². The number of aliphatic carboxylic acids is 1. The van der Waals surface area contributed by atoms with E-state index in [1.54, 1.807) is 12.1 Å². The highest BCUT2D eigenvalue weighted by Crippen LogP contribution is 2.18. The summed E-state index contributed by atoms with van der Waals surface area (Å²) in [6, 6.07) is 10.2. The van der Waals surface area contributed by atoms with Crippen molar-refractivity contribution in [1.82, 2.24) is 5.32 Å². The van der Waals surface area contributed by atoms with E-state index < -0.39 is 28.7 Å². The second-order valence-electron chi connectivity index (χ2n) is 6.80. The summed E-state index contributed by atoms with van der Waals surface area (Å²) in [6.07, 6.45) is 0.262. The molecular weight excluding hydrogens is 378 g/mol. The molecule has 0 fully saturated rings. The molecule has 9 nitrogen and oxygen atoms in total. The standard InChI is InChI=1S/C20H21N3O6/c1-12(2)11-17(20(26)27)22-19(25)15-5-3-4-6-16(15)21-18(24)13-7-9-14(10-8-13)23(28)29/h3-10,12,17H,11H2,1-2H3,(H,21,24)(H,22,25)(H,26,27)/t17-/m1/s1. The molecule has 0 saturated carbocycles. The van der Waals surface area contributed by atoms with Crippen LogP contribution < -0.4 is 10.6 Å². The maximum Gasteiger partial charge on any atom is 0.326 e. The third kappa shape index (κ3) is 5.86. The van der Waals surface area contributed by atoms with Gasteiger partial charge >= 0.3 is 5.97 Å².